The van der Waals surface area contributed by atoms with E-state index in [0.29, 0.717) is 5.41 Å². The molecule has 1 fully saturated rings. The molecule has 2 N–H and O–H groups in total. The Morgan fingerprint density at radius 2 is 1.53 bits per heavy atom. The third kappa shape index (κ3) is 4.59. The highest BCUT2D eigenvalue weighted by Crippen LogP contribution is 2.34. The van der Waals surface area contributed by atoms with E-state index in [1.165, 1.54) is 25.9 Å². The van der Waals surface area contributed by atoms with Crippen molar-refractivity contribution in [3.8, 4) is 0 Å². The molecule has 1 unspecified atom stereocenters. The molecule has 102 valence electrons. The van der Waals surface area contributed by atoms with Crippen LogP contribution in [0.25, 0.3) is 0 Å². The SMILES string of the molecule is CC(C)(C)C(N)CN1CCC(C(C)(C)C)CC1. The van der Waals surface area contributed by atoms with E-state index in [2.05, 4.69) is 46.4 Å². The summed E-state index contributed by atoms with van der Waals surface area (Å²) in [7, 11) is 0. The maximum atomic E-state index is 6.26. The molecule has 0 aromatic heterocycles. The fourth-order valence-corrected chi connectivity index (χ4v) is 2.53. The van der Waals surface area contributed by atoms with Gasteiger partial charge in [-0.1, -0.05) is 41.5 Å². The van der Waals surface area contributed by atoms with Gasteiger partial charge in [-0.25, -0.2) is 0 Å². The van der Waals surface area contributed by atoms with Gasteiger partial charge in [0.15, 0.2) is 0 Å². The standard InChI is InChI=1S/C15H32N2/c1-14(2,3)12-7-9-17(10-8-12)11-13(16)15(4,5)6/h12-13H,7-11,16H2,1-6H3. The second kappa shape index (κ2) is 5.27. The Kier molecular flexibility index (Phi) is 4.65. The Balaban J connectivity index is 2.38. The highest BCUT2D eigenvalue weighted by Gasteiger charge is 2.30. The number of hydrogen-bond donors (Lipinski definition) is 1. The summed E-state index contributed by atoms with van der Waals surface area (Å²) in [6, 6.07) is 0.286. The lowest BCUT2D eigenvalue weighted by Crippen LogP contribution is -2.48. The van der Waals surface area contributed by atoms with Crippen molar-refractivity contribution in [2.75, 3.05) is 19.6 Å². The first-order chi connectivity index (χ1) is 7.60. The van der Waals surface area contributed by atoms with Gasteiger partial charge in [0.05, 0.1) is 0 Å². The molecule has 17 heavy (non-hydrogen) atoms. The fraction of sp³-hybridized carbons (Fsp3) is 1.00. The zero-order valence-electron chi connectivity index (χ0n) is 12.7. The molecule has 0 aromatic rings. The lowest BCUT2D eigenvalue weighted by Gasteiger charge is -2.41. The summed E-state index contributed by atoms with van der Waals surface area (Å²) in [5.74, 6) is 0.879. The Morgan fingerprint density at radius 1 is 1.06 bits per heavy atom. The topological polar surface area (TPSA) is 29.3 Å². The van der Waals surface area contributed by atoms with Gasteiger partial charge in [-0.3, -0.25) is 0 Å². The summed E-state index contributed by atoms with van der Waals surface area (Å²) in [4.78, 5) is 2.55. The van der Waals surface area contributed by atoms with Crippen LogP contribution in [-0.2, 0) is 0 Å². The molecule has 0 aliphatic carbocycles. The second-order valence-corrected chi connectivity index (χ2v) is 7.91. The van der Waals surface area contributed by atoms with Crippen molar-refractivity contribution in [2.24, 2.45) is 22.5 Å². The molecule has 2 heteroatoms. The zero-order chi connectivity index (χ0) is 13.3. The molecule has 0 bridgehead atoms. The highest BCUT2D eigenvalue weighted by molar-refractivity contribution is 4.85. The molecule has 0 spiro atoms. The lowest BCUT2D eigenvalue weighted by molar-refractivity contribution is 0.0968. The van der Waals surface area contributed by atoms with Crippen LogP contribution in [0.3, 0.4) is 0 Å². The number of likely N-dealkylation sites (tertiary alicyclic amines) is 1. The fourth-order valence-electron chi connectivity index (χ4n) is 2.53. The van der Waals surface area contributed by atoms with Gasteiger partial charge < -0.3 is 10.6 Å². The van der Waals surface area contributed by atoms with Crippen LogP contribution < -0.4 is 5.73 Å². The normalized spacial score (nSPS) is 22.8. The van der Waals surface area contributed by atoms with Crippen molar-refractivity contribution < 1.29 is 0 Å². The molecule has 1 saturated heterocycles. The summed E-state index contributed by atoms with van der Waals surface area (Å²) in [5, 5.41) is 0. The molecule has 1 aliphatic rings. The number of nitrogens with zero attached hydrogens (tertiary/aromatic N) is 1. The summed E-state index contributed by atoms with van der Waals surface area (Å²) in [5.41, 5.74) is 6.95. The largest absolute Gasteiger partial charge is 0.326 e. The Hall–Kier alpha value is -0.0800. The molecule has 1 aliphatic heterocycles. The third-order valence-corrected chi connectivity index (χ3v) is 4.38. The highest BCUT2D eigenvalue weighted by atomic mass is 15.1. The first-order valence-electron chi connectivity index (χ1n) is 7.08. The van der Waals surface area contributed by atoms with Gasteiger partial charge in [-0.05, 0) is 42.7 Å². The number of rotatable bonds is 2. The van der Waals surface area contributed by atoms with Crippen LogP contribution in [-0.4, -0.2) is 30.6 Å². The van der Waals surface area contributed by atoms with Gasteiger partial charge in [0.25, 0.3) is 0 Å². The van der Waals surface area contributed by atoms with Crippen LogP contribution in [0.15, 0.2) is 0 Å². The van der Waals surface area contributed by atoms with E-state index < -0.39 is 0 Å². The first-order valence-corrected chi connectivity index (χ1v) is 7.08. The predicted octanol–water partition coefficient (Wildman–Crippen LogP) is 3.12. The van der Waals surface area contributed by atoms with Gasteiger partial charge in [-0.15, -0.1) is 0 Å². The van der Waals surface area contributed by atoms with Gasteiger partial charge in [0, 0.05) is 12.6 Å². The quantitative estimate of drug-likeness (QED) is 0.803. The van der Waals surface area contributed by atoms with Crippen molar-refractivity contribution in [1.29, 1.82) is 0 Å². The molecule has 0 radical (unpaired) electrons. The van der Waals surface area contributed by atoms with E-state index >= 15 is 0 Å². The summed E-state index contributed by atoms with van der Waals surface area (Å²) in [6.07, 6.45) is 2.67. The van der Waals surface area contributed by atoms with Gasteiger partial charge in [-0.2, -0.15) is 0 Å². The van der Waals surface area contributed by atoms with Crippen LogP contribution in [0.4, 0.5) is 0 Å². The van der Waals surface area contributed by atoms with Gasteiger partial charge in [0.2, 0.25) is 0 Å². The molecule has 1 heterocycles. The molecular weight excluding hydrogens is 208 g/mol. The van der Waals surface area contributed by atoms with E-state index in [0.717, 1.165) is 12.5 Å². The lowest BCUT2D eigenvalue weighted by atomic mass is 9.75. The average Bonchev–Trinajstić information content (AvgIpc) is 2.15. The molecule has 0 amide bonds. The van der Waals surface area contributed by atoms with Crippen LogP contribution in [0.5, 0.6) is 0 Å². The zero-order valence-corrected chi connectivity index (χ0v) is 12.7. The minimum absolute atomic E-state index is 0.223. The van der Waals surface area contributed by atoms with Crippen LogP contribution in [0.1, 0.15) is 54.4 Å². The first kappa shape index (κ1) is 15.0. The van der Waals surface area contributed by atoms with Gasteiger partial charge in [0.1, 0.15) is 0 Å². The van der Waals surface area contributed by atoms with Crippen molar-refractivity contribution >= 4 is 0 Å². The maximum absolute atomic E-state index is 6.26. The third-order valence-electron chi connectivity index (χ3n) is 4.38. The smallest absolute Gasteiger partial charge is 0.0217 e. The summed E-state index contributed by atoms with van der Waals surface area (Å²) in [6.45, 7) is 17.3. The van der Waals surface area contributed by atoms with E-state index in [9.17, 15) is 0 Å². The second-order valence-electron chi connectivity index (χ2n) is 7.91. The van der Waals surface area contributed by atoms with Crippen molar-refractivity contribution in [2.45, 2.75) is 60.4 Å². The maximum Gasteiger partial charge on any atom is 0.0217 e. The molecular formula is C15H32N2. The minimum Gasteiger partial charge on any atom is -0.326 e. The van der Waals surface area contributed by atoms with Crippen LogP contribution in [0.2, 0.25) is 0 Å². The Bertz CT molecular complexity index is 226. The van der Waals surface area contributed by atoms with E-state index in [1.807, 2.05) is 0 Å². The summed E-state index contributed by atoms with van der Waals surface area (Å²) < 4.78 is 0. The molecule has 0 saturated carbocycles. The van der Waals surface area contributed by atoms with E-state index in [4.69, 9.17) is 5.73 Å². The Morgan fingerprint density at radius 3 is 1.88 bits per heavy atom. The monoisotopic (exact) mass is 240 g/mol. The predicted molar refractivity (Wildman–Crippen MR) is 76.0 cm³/mol. The number of nitrogens with two attached hydrogens (primary N) is 1. The Labute approximate surface area is 108 Å². The minimum atomic E-state index is 0.223. The molecule has 1 rings (SSSR count). The number of hydrogen-bond acceptors (Lipinski definition) is 2. The van der Waals surface area contributed by atoms with Crippen molar-refractivity contribution in [1.82, 2.24) is 4.90 Å². The van der Waals surface area contributed by atoms with E-state index in [1.54, 1.807) is 0 Å². The average molecular weight is 240 g/mol. The van der Waals surface area contributed by atoms with Gasteiger partial charge >= 0.3 is 0 Å². The molecule has 0 aromatic carbocycles. The molecule has 1 atom stereocenters. The van der Waals surface area contributed by atoms with Crippen molar-refractivity contribution in [3.05, 3.63) is 0 Å². The summed E-state index contributed by atoms with van der Waals surface area (Å²) >= 11 is 0. The van der Waals surface area contributed by atoms with E-state index in [-0.39, 0.29) is 11.5 Å². The van der Waals surface area contributed by atoms with Crippen molar-refractivity contribution in [3.63, 3.8) is 0 Å². The number of piperidine rings is 1. The van der Waals surface area contributed by atoms with Crippen LogP contribution >= 0.6 is 0 Å². The molecule has 2 nitrogen and oxygen atoms in total. The van der Waals surface area contributed by atoms with Crippen LogP contribution in [0, 0.1) is 16.7 Å².